The van der Waals surface area contributed by atoms with Crippen molar-refractivity contribution in [1.29, 1.82) is 0 Å². The van der Waals surface area contributed by atoms with E-state index < -0.39 is 5.97 Å². The van der Waals surface area contributed by atoms with Crippen molar-refractivity contribution < 1.29 is 15.0 Å². The third-order valence-electron chi connectivity index (χ3n) is 1.63. The van der Waals surface area contributed by atoms with Gasteiger partial charge in [0.2, 0.25) is 0 Å². The molecule has 0 aromatic heterocycles. The highest BCUT2D eigenvalue weighted by Gasteiger charge is 2.05. The predicted octanol–water partition coefficient (Wildman–Crippen LogP) is 1.71. The molecule has 4 nitrogen and oxygen atoms in total. The van der Waals surface area contributed by atoms with Crippen molar-refractivity contribution in [1.82, 2.24) is 5.32 Å². The highest BCUT2D eigenvalue weighted by Crippen LogP contribution is 2.14. The van der Waals surface area contributed by atoms with Crippen LogP contribution in [0, 0.1) is 0 Å². The van der Waals surface area contributed by atoms with Crippen molar-refractivity contribution in [2.75, 3.05) is 13.1 Å². The third kappa shape index (κ3) is 5.70. The van der Waals surface area contributed by atoms with Gasteiger partial charge in [0.15, 0.2) is 0 Å². The molecular weight excluding hydrogens is 194 g/mol. The first-order chi connectivity index (χ1) is 7.13. The summed E-state index contributed by atoms with van der Waals surface area (Å²) in [4.78, 5) is 10.3. The fraction of sp³-hybridized carbons (Fsp3) is 0.364. The summed E-state index contributed by atoms with van der Waals surface area (Å²) >= 11 is 0. The average Bonchev–Trinajstić information content (AvgIpc) is 2.20. The smallest absolute Gasteiger partial charge is 0.339 e. The monoisotopic (exact) mass is 211 g/mol. The number of para-hydroxylation sites is 1. The maximum Gasteiger partial charge on any atom is 0.339 e. The molecule has 0 saturated heterocycles. The van der Waals surface area contributed by atoms with Crippen molar-refractivity contribution in [2.24, 2.45) is 0 Å². The third-order valence-corrected chi connectivity index (χ3v) is 1.63. The highest BCUT2D eigenvalue weighted by atomic mass is 16.4. The number of rotatable bonds is 3. The average molecular weight is 211 g/mol. The number of hydrogen-bond donors (Lipinski definition) is 3. The largest absolute Gasteiger partial charge is 0.507 e. The van der Waals surface area contributed by atoms with Crippen molar-refractivity contribution >= 4 is 5.97 Å². The van der Waals surface area contributed by atoms with Crippen LogP contribution in [0.25, 0.3) is 0 Å². The molecule has 0 heterocycles. The highest BCUT2D eigenvalue weighted by molar-refractivity contribution is 5.90. The molecule has 1 aromatic carbocycles. The number of carboxylic acid groups (broad SMARTS) is 1. The van der Waals surface area contributed by atoms with Gasteiger partial charge < -0.3 is 15.5 Å². The Morgan fingerprint density at radius 1 is 1.27 bits per heavy atom. The molecule has 3 N–H and O–H groups in total. The van der Waals surface area contributed by atoms with Gasteiger partial charge in [0.1, 0.15) is 11.3 Å². The van der Waals surface area contributed by atoms with Crippen LogP contribution >= 0.6 is 0 Å². The van der Waals surface area contributed by atoms with Gasteiger partial charge in [0.05, 0.1) is 0 Å². The Morgan fingerprint density at radius 2 is 1.80 bits per heavy atom. The molecule has 0 aliphatic carbocycles. The van der Waals surface area contributed by atoms with Crippen molar-refractivity contribution in [3.8, 4) is 5.75 Å². The molecule has 0 fully saturated rings. The molecule has 0 spiro atoms. The number of phenols is 1. The van der Waals surface area contributed by atoms with E-state index in [-0.39, 0.29) is 11.3 Å². The van der Waals surface area contributed by atoms with Crippen LogP contribution in [0.5, 0.6) is 5.75 Å². The topological polar surface area (TPSA) is 69.6 Å². The van der Waals surface area contributed by atoms with Crippen LogP contribution in [0.4, 0.5) is 0 Å². The minimum Gasteiger partial charge on any atom is -0.507 e. The first-order valence-corrected chi connectivity index (χ1v) is 4.85. The van der Waals surface area contributed by atoms with Crippen LogP contribution < -0.4 is 5.32 Å². The first kappa shape index (κ1) is 13.4. The second kappa shape index (κ2) is 7.82. The van der Waals surface area contributed by atoms with E-state index in [1.54, 1.807) is 12.1 Å². The van der Waals surface area contributed by atoms with Crippen LogP contribution in [-0.4, -0.2) is 29.3 Å². The minimum absolute atomic E-state index is 0.0671. The molecule has 0 amide bonds. The molecule has 0 bridgehead atoms. The Labute approximate surface area is 89.6 Å². The molecule has 0 saturated carbocycles. The van der Waals surface area contributed by atoms with E-state index in [0.29, 0.717) is 0 Å². The molecule has 0 aliphatic heterocycles. The molecule has 84 valence electrons. The van der Waals surface area contributed by atoms with E-state index >= 15 is 0 Å². The zero-order valence-electron chi connectivity index (χ0n) is 9.03. The summed E-state index contributed by atoms with van der Waals surface area (Å²) in [5.74, 6) is -1.31. The number of aromatic hydroxyl groups is 1. The molecule has 0 atom stereocenters. The summed E-state index contributed by atoms with van der Waals surface area (Å²) in [6.45, 7) is 6.39. The molecular formula is C11H17NO3. The minimum atomic E-state index is -1.11. The van der Waals surface area contributed by atoms with Crippen LogP contribution in [0.15, 0.2) is 24.3 Å². The van der Waals surface area contributed by atoms with Crippen molar-refractivity contribution in [3.05, 3.63) is 29.8 Å². The van der Waals surface area contributed by atoms with Crippen LogP contribution in [0.2, 0.25) is 0 Å². The summed E-state index contributed by atoms with van der Waals surface area (Å²) < 4.78 is 0. The van der Waals surface area contributed by atoms with E-state index in [9.17, 15) is 4.79 Å². The number of nitrogens with one attached hydrogen (secondary N) is 1. The molecule has 1 aromatic rings. The Morgan fingerprint density at radius 3 is 2.07 bits per heavy atom. The zero-order chi connectivity index (χ0) is 11.7. The number of carbonyl (C=O) groups is 1. The lowest BCUT2D eigenvalue weighted by Gasteiger charge is -1.95. The zero-order valence-corrected chi connectivity index (χ0v) is 9.03. The number of carboxylic acids is 1. The number of aromatic carboxylic acids is 1. The lowest BCUT2D eigenvalue weighted by atomic mass is 10.2. The van der Waals surface area contributed by atoms with Crippen molar-refractivity contribution in [2.45, 2.75) is 13.8 Å². The standard InChI is InChI=1S/C7H6O3.C4H11N/c8-6-4-2-1-3-5(6)7(9)10;1-3-5-4-2/h1-4,8H,(H,9,10);5H,3-4H2,1-2H3. The van der Waals surface area contributed by atoms with Gasteiger partial charge in [0, 0.05) is 0 Å². The SMILES string of the molecule is CCNCC.O=C(O)c1ccccc1O. The lowest BCUT2D eigenvalue weighted by Crippen LogP contribution is -2.09. The predicted molar refractivity (Wildman–Crippen MR) is 59.3 cm³/mol. The van der Waals surface area contributed by atoms with E-state index in [2.05, 4.69) is 19.2 Å². The van der Waals surface area contributed by atoms with Crippen LogP contribution in [0.1, 0.15) is 24.2 Å². The van der Waals surface area contributed by atoms with Gasteiger partial charge in [-0.05, 0) is 25.2 Å². The molecule has 0 unspecified atom stereocenters. The van der Waals surface area contributed by atoms with E-state index in [1.807, 2.05) is 0 Å². The first-order valence-electron chi connectivity index (χ1n) is 4.85. The maximum absolute atomic E-state index is 10.3. The Bertz CT molecular complexity index is 298. The second-order valence-electron chi connectivity index (χ2n) is 2.78. The fourth-order valence-electron chi connectivity index (χ4n) is 0.904. The van der Waals surface area contributed by atoms with E-state index in [4.69, 9.17) is 10.2 Å². The molecule has 0 radical (unpaired) electrons. The summed E-state index contributed by atoms with van der Waals surface area (Å²) in [5, 5.41) is 20.4. The molecule has 0 aliphatic rings. The van der Waals surface area contributed by atoms with E-state index in [0.717, 1.165) is 13.1 Å². The van der Waals surface area contributed by atoms with Gasteiger partial charge in [-0.2, -0.15) is 0 Å². The Hall–Kier alpha value is -1.55. The van der Waals surface area contributed by atoms with Crippen molar-refractivity contribution in [3.63, 3.8) is 0 Å². The van der Waals surface area contributed by atoms with Gasteiger partial charge in [-0.15, -0.1) is 0 Å². The fourth-order valence-corrected chi connectivity index (χ4v) is 0.904. The molecule has 4 heteroatoms. The number of hydrogen-bond acceptors (Lipinski definition) is 3. The lowest BCUT2D eigenvalue weighted by molar-refractivity contribution is 0.0694. The van der Waals surface area contributed by atoms with Gasteiger partial charge in [-0.25, -0.2) is 4.79 Å². The molecule has 1 rings (SSSR count). The van der Waals surface area contributed by atoms with E-state index in [1.165, 1.54) is 12.1 Å². The van der Waals surface area contributed by atoms with Crippen LogP contribution in [-0.2, 0) is 0 Å². The summed E-state index contributed by atoms with van der Waals surface area (Å²) in [7, 11) is 0. The molecule has 15 heavy (non-hydrogen) atoms. The van der Waals surface area contributed by atoms with Gasteiger partial charge in [-0.3, -0.25) is 0 Å². The normalized spacial score (nSPS) is 8.93. The maximum atomic E-state index is 10.3. The van der Waals surface area contributed by atoms with Gasteiger partial charge in [-0.1, -0.05) is 26.0 Å². The van der Waals surface area contributed by atoms with Gasteiger partial charge in [0.25, 0.3) is 0 Å². The summed E-state index contributed by atoms with van der Waals surface area (Å²) in [6.07, 6.45) is 0. The number of benzene rings is 1. The Kier molecular flexibility index (Phi) is 7.01. The van der Waals surface area contributed by atoms with Crippen LogP contribution in [0.3, 0.4) is 0 Å². The summed E-state index contributed by atoms with van der Waals surface area (Å²) in [5.41, 5.74) is -0.0671. The Balaban J connectivity index is 0.000000336. The summed E-state index contributed by atoms with van der Waals surface area (Å²) in [6, 6.07) is 5.81. The van der Waals surface area contributed by atoms with Gasteiger partial charge >= 0.3 is 5.97 Å². The second-order valence-corrected chi connectivity index (χ2v) is 2.78. The quantitative estimate of drug-likeness (QED) is 0.711.